The minimum absolute atomic E-state index is 0.117. The van der Waals surface area contributed by atoms with Crippen molar-refractivity contribution in [1.82, 2.24) is 9.88 Å². The van der Waals surface area contributed by atoms with Gasteiger partial charge < -0.3 is 0 Å². The summed E-state index contributed by atoms with van der Waals surface area (Å²) in [5.74, 6) is 1.01. The van der Waals surface area contributed by atoms with Gasteiger partial charge in [0.15, 0.2) is 0 Å². The van der Waals surface area contributed by atoms with E-state index in [0.29, 0.717) is 6.42 Å². The topological polar surface area (TPSA) is 36.4 Å². The van der Waals surface area contributed by atoms with Crippen LogP contribution in [-0.4, -0.2) is 35.4 Å². The average molecular weight is 313 g/mol. The lowest BCUT2D eigenvalue weighted by atomic mass is 9.86. The molecule has 2 aromatic rings. The Bertz CT molecular complexity index is 658. The summed E-state index contributed by atoms with van der Waals surface area (Å²) in [5.41, 5.74) is 0.117. The van der Waals surface area contributed by atoms with Crippen LogP contribution in [0.3, 0.4) is 0 Å². The quantitative estimate of drug-likeness (QED) is 0.874. The molecular weight excluding hydrogens is 294 g/mol. The fraction of sp³-hybridized carbons (Fsp3) is 0.412. The van der Waals surface area contributed by atoms with Gasteiger partial charge in [-0.05, 0) is 36.5 Å². The molecule has 2 fully saturated rings. The molecule has 2 aliphatic heterocycles. The summed E-state index contributed by atoms with van der Waals surface area (Å²) in [7, 11) is 0. The second kappa shape index (κ2) is 5.48. The predicted octanol–water partition coefficient (Wildman–Crippen LogP) is 2.77. The maximum Gasteiger partial charge on any atom is 0.228 e. The summed E-state index contributed by atoms with van der Waals surface area (Å²) in [4.78, 5) is 22.5. The van der Waals surface area contributed by atoms with Gasteiger partial charge in [-0.1, -0.05) is 12.1 Å². The van der Waals surface area contributed by atoms with Gasteiger partial charge in [0.1, 0.15) is 5.82 Å². The normalized spacial score (nSPS) is 25.5. The lowest BCUT2D eigenvalue weighted by molar-refractivity contribution is -0.117. The van der Waals surface area contributed by atoms with Crippen molar-refractivity contribution < 1.29 is 4.79 Å². The Morgan fingerprint density at radius 3 is 2.95 bits per heavy atom. The van der Waals surface area contributed by atoms with E-state index >= 15 is 0 Å². The number of carbonyl (C=O) groups is 1. The second-order valence-electron chi connectivity index (χ2n) is 6.38. The number of hydrogen-bond acceptors (Lipinski definition) is 4. The number of thiophene rings is 1. The summed E-state index contributed by atoms with van der Waals surface area (Å²) >= 11 is 1.81. The van der Waals surface area contributed by atoms with E-state index in [9.17, 15) is 4.79 Å². The van der Waals surface area contributed by atoms with Gasteiger partial charge in [0.05, 0.1) is 0 Å². The summed E-state index contributed by atoms with van der Waals surface area (Å²) in [6.07, 6.45) is 3.52. The fourth-order valence-electron chi connectivity index (χ4n) is 3.68. The third-order valence-electron chi connectivity index (χ3n) is 4.72. The van der Waals surface area contributed by atoms with Crippen LogP contribution in [0.4, 0.5) is 5.82 Å². The molecule has 4 nitrogen and oxygen atoms in total. The van der Waals surface area contributed by atoms with E-state index in [-0.39, 0.29) is 11.3 Å². The van der Waals surface area contributed by atoms with E-state index in [0.717, 1.165) is 38.4 Å². The first-order valence-electron chi connectivity index (χ1n) is 7.70. The number of likely N-dealkylation sites (tertiary alicyclic amines) is 1. The maximum absolute atomic E-state index is 12.4. The van der Waals surface area contributed by atoms with E-state index in [4.69, 9.17) is 0 Å². The minimum atomic E-state index is 0.117. The van der Waals surface area contributed by atoms with Gasteiger partial charge in [-0.15, -0.1) is 11.3 Å². The Balaban J connectivity index is 1.46. The average Bonchev–Trinajstić information content (AvgIpc) is 3.23. The highest BCUT2D eigenvalue weighted by Gasteiger charge is 2.47. The number of pyridine rings is 1. The molecule has 4 heterocycles. The van der Waals surface area contributed by atoms with E-state index < -0.39 is 0 Å². The van der Waals surface area contributed by atoms with Crippen LogP contribution < -0.4 is 4.90 Å². The molecule has 2 aliphatic rings. The van der Waals surface area contributed by atoms with E-state index in [1.807, 2.05) is 34.4 Å². The first-order chi connectivity index (χ1) is 10.7. The van der Waals surface area contributed by atoms with Crippen molar-refractivity contribution in [3.8, 4) is 0 Å². The monoisotopic (exact) mass is 313 g/mol. The van der Waals surface area contributed by atoms with Crippen LogP contribution >= 0.6 is 11.3 Å². The Hall–Kier alpha value is -1.72. The maximum atomic E-state index is 12.4. The molecule has 0 saturated carbocycles. The van der Waals surface area contributed by atoms with Crippen LogP contribution in [0, 0.1) is 5.41 Å². The number of amides is 1. The van der Waals surface area contributed by atoms with E-state index in [1.54, 1.807) is 6.20 Å². The lowest BCUT2D eigenvalue weighted by Crippen LogP contribution is -2.31. The molecule has 0 radical (unpaired) electrons. The third-order valence-corrected chi connectivity index (χ3v) is 5.58. The zero-order valence-electron chi connectivity index (χ0n) is 12.4. The van der Waals surface area contributed by atoms with Gasteiger partial charge in [0.25, 0.3) is 0 Å². The molecule has 2 aromatic heterocycles. The van der Waals surface area contributed by atoms with Gasteiger partial charge >= 0.3 is 0 Å². The van der Waals surface area contributed by atoms with Gasteiger partial charge in [-0.2, -0.15) is 0 Å². The summed E-state index contributed by atoms with van der Waals surface area (Å²) in [6, 6.07) is 10.1. The number of hydrogen-bond donors (Lipinski definition) is 0. The molecule has 114 valence electrons. The lowest BCUT2D eigenvalue weighted by Gasteiger charge is -2.23. The van der Waals surface area contributed by atoms with Crippen LogP contribution in [-0.2, 0) is 11.3 Å². The smallest absolute Gasteiger partial charge is 0.228 e. The molecule has 5 heteroatoms. The second-order valence-corrected chi connectivity index (χ2v) is 7.42. The predicted molar refractivity (Wildman–Crippen MR) is 87.9 cm³/mol. The van der Waals surface area contributed by atoms with Gasteiger partial charge in [-0.3, -0.25) is 14.6 Å². The molecule has 2 saturated heterocycles. The highest BCUT2D eigenvalue weighted by Crippen LogP contribution is 2.41. The van der Waals surface area contributed by atoms with Gasteiger partial charge in [-0.25, -0.2) is 4.98 Å². The van der Waals surface area contributed by atoms with Crippen molar-refractivity contribution in [2.45, 2.75) is 19.4 Å². The Morgan fingerprint density at radius 2 is 2.18 bits per heavy atom. The van der Waals surface area contributed by atoms with Gasteiger partial charge in [0.2, 0.25) is 5.91 Å². The number of rotatable bonds is 3. The minimum Gasteiger partial charge on any atom is -0.298 e. The Morgan fingerprint density at radius 1 is 1.23 bits per heavy atom. The molecule has 1 spiro atoms. The van der Waals surface area contributed by atoms with Crippen molar-refractivity contribution in [1.29, 1.82) is 0 Å². The molecule has 0 bridgehead atoms. The van der Waals surface area contributed by atoms with E-state index in [1.165, 1.54) is 4.88 Å². The highest BCUT2D eigenvalue weighted by atomic mass is 32.1. The Kier molecular flexibility index (Phi) is 3.47. The zero-order valence-corrected chi connectivity index (χ0v) is 13.3. The van der Waals surface area contributed by atoms with Crippen molar-refractivity contribution >= 4 is 23.1 Å². The molecule has 4 rings (SSSR count). The fourth-order valence-corrected chi connectivity index (χ4v) is 4.42. The van der Waals surface area contributed by atoms with Gasteiger partial charge in [0, 0.05) is 42.5 Å². The SMILES string of the molecule is O=C1CC2(CCN(Cc3cccs3)C2)CN1c1ccccn1. The summed E-state index contributed by atoms with van der Waals surface area (Å²) in [6.45, 7) is 3.92. The Labute approximate surface area is 134 Å². The van der Waals surface area contributed by atoms with Crippen LogP contribution in [0.1, 0.15) is 17.7 Å². The van der Waals surface area contributed by atoms with Crippen molar-refractivity contribution in [2.75, 3.05) is 24.5 Å². The number of carbonyl (C=O) groups excluding carboxylic acids is 1. The van der Waals surface area contributed by atoms with Crippen molar-refractivity contribution in [2.24, 2.45) is 5.41 Å². The van der Waals surface area contributed by atoms with Crippen molar-refractivity contribution in [3.05, 3.63) is 46.8 Å². The molecule has 1 amide bonds. The first kappa shape index (κ1) is 13.9. The number of anilines is 1. The molecule has 1 atom stereocenters. The van der Waals surface area contributed by atoms with Crippen LogP contribution in [0.25, 0.3) is 0 Å². The molecule has 0 aliphatic carbocycles. The molecule has 0 N–H and O–H groups in total. The summed E-state index contributed by atoms with van der Waals surface area (Å²) < 4.78 is 0. The van der Waals surface area contributed by atoms with E-state index in [2.05, 4.69) is 27.4 Å². The standard InChI is InChI=1S/C17H19N3OS/c21-16-10-17(13-20(16)15-5-1-2-7-18-15)6-8-19(12-17)11-14-4-3-9-22-14/h1-5,7,9H,6,8,10-13H2. The van der Waals surface area contributed by atoms with Crippen molar-refractivity contribution in [3.63, 3.8) is 0 Å². The molecule has 1 unspecified atom stereocenters. The largest absolute Gasteiger partial charge is 0.298 e. The first-order valence-corrected chi connectivity index (χ1v) is 8.58. The zero-order chi connectivity index (χ0) is 15.0. The van der Waals surface area contributed by atoms with Crippen LogP contribution in [0.15, 0.2) is 41.9 Å². The molecule has 0 aromatic carbocycles. The summed E-state index contributed by atoms with van der Waals surface area (Å²) in [5, 5.41) is 2.13. The van der Waals surface area contributed by atoms with Crippen LogP contribution in [0.5, 0.6) is 0 Å². The van der Waals surface area contributed by atoms with Crippen LogP contribution in [0.2, 0.25) is 0 Å². The molecule has 22 heavy (non-hydrogen) atoms. The molecular formula is C17H19N3OS. The number of aromatic nitrogens is 1. The highest BCUT2D eigenvalue weighted by molar-refractivity contribution is 7.09. The number of nitrogens with zero attached hydrogens (tertiary/aromatic N) is 3. The third kappa shape index (κ3) is 2.55.